The monoisotopic (exact) mass is 432 g/mol. The number of carboxylic acid groups (broad SMARTS) is 1. The van der Waals surface area contributed by atoms with Crippen molar-refractivity contribution in [3.8, 4) is 11.5 Å². The van der Waals surface area contributed by atoms with Crippen LogP contribution in [0.3, 0.4) is 0 Å². The third-order valence-corrected chi connectivity index (χ3v) is 5.39. The number of carbonyl (C=O) groups excluding carboxylic acids is 1. The van der Waals surface area contributed by atoms with Gasteiger partial charge in [-0.25, -0.2) is 9.79 Å². The molecule has 0 atom stereocenters. The molecule has 0 radical (unpaired) electrons. The first-order chi connectivity index (χ1) is 13.8. The Morgan fingerprint density at radius 3 is 2.76 bits per heavy atom. The van der Waals surface area contributed by atoms with Crippen LogP contribution >= 0.6 is 23.4 Å². The maximum Gasteiger partial charge on any atom is 0.335 e. The van der Waals surface area contributed by atoms with E-state index in [1.165, 1.54) is 42.0 Å². The third-order valence-electron chi connectivity index (χ3n) is 4.09. The number of likely N-dealkylation sites (N-methyl/N-ethyl adjacent to an activating group) is 1. The summed E-state index contributed by atoms with van der Waals surface area (Å²) in [4.78, 5) is 30.3. The Kier molecular flexibility index (Phi) is 6.14. The van der Waals surface area contributed by atoms with Gasteiger partial charge in [-0.2, -0.15) is 0 Å². The van der Waals surface area contributed by atoms with Gasteiger partial charge in [-0.15, -0.1) is 0 Å². The van der Waals surface area contributed by atoms with Crippen molar-refractivity contribution in [3.63, 3.8) is 0 Å². The molecule has 0 bridgehead atoms. The Labute approximate surface area is 176 Å². The molecule has 0 saturated carbocycles. The van der Waals surface area contributed by atoms with E-state index in [4.69, 9.17) is 21.4 Å². The van der Waals surface area contributed by atoms with Gasteiger partial charge in [0, 0.05) is 6.54 Å². The van der Waals surface area contributed by atoms with Crippen LogP contribution in [0.4, 0.5) is 5.69 Å². The van der Waals surface area contributed by atoms with Crippen LogP contribution in [0.2, 0.25) is 5.02 Å². The van der Waals surface area contributed by atoms with E-state index in [9.17, 15) is 14.7 Å². The zero-order valence-electron chi connectivity index (χ0n) is 15.5. The molecule has 1 heterocycles. The minimum absolute atomic E-state index is 0.110. The molecule has 0 aliphatic carbocycles. The van der Waals surface area contributed by atoms with Crippen LogP contribution in [0.1, 0.15) is 22.8 Å². The van der Waals surface area contributed by atoms with E-state index in [2.05, 4.69) is 4.99 Å². The fourth-order valence-electron chi connectivity index (χ4n) is 2.67. The molecule has 1 saturated heterocycles. The number of benzene rings is 2. The van der Waals surface area contributed by atoms with Gasteiger partial charge in [-0.3, -0.25) is 9.69 Å². The van der Waals surface area contributed by atoms with Crippen molar-refractivity contribution < 1.29 is 24.5 Å². The van der Waals surface area contributed by atoms with Crippen molar-refractivity contribution in [1.82, 2.24) is 4.90 Å². The Morgan fingerprint density at radius 1 is 1.34 bits per heavy atom. The number of rotatable bonds is 5. The standard InChI is InChI=1S/C20H17ClN2O5S/c1-3-23-18(25)16(9-11-7-14(21)17(24)15(8-11)28-2)29-20(23)22-13-6-4-5-12(10-13)19(26)27/h4-10,24H,3H2,1-2H3,(H,26,27). The van der Waals surface area contributed by atoms with E-state index in [0.717, 1.165) is 0 Å². The lowest BCUT2D eigenvalue weighted by Gasteiger charge is -2.12. The van der Waals surface area contributed by atoms with Crippen LogP contribution in [-0.2, 0) is 4.79 Å². The van der Waals surface area contributed by atoms with Crippen LogP contribution in [0.15, 0.2) is 46.3 Å². The van der Waals surface area contributed by atoms with E-state index in [-0.39, 0.29) is 28.0 Å². The summed E-state index contributed by atoms with van der Waals surface area (Å²) in [5.41, 5.74) is 1.14. The van der Waals surface area contributed by atoms with E-state index in [0.29, 0.717) is 27.9 Å². The summed E-state index contributed by atoms with van der Waals surface area (Å²) >= 11 is 7.19. The van der Waals surface area contributed by atoms with E-state index >= 15 is 0 Å². The second-order valence-corrected chi connectivity index (χ2v) is 7.38. The molecule has 7 nitrogen and oxygen atoms in total. The minimum atomic E-state index is -1.05. The van der Waals surface area contributed by atoms with Crippen LogP contribution in [0.5, 0.6) is 11.5 Å². The van der Waals surface area contributed by atoms with Gasteiger partial charge in [0.25, 0.3) is 5.91 Å². The quantitative estimate of drug-likeness (QED) is 0.680. The van der Waals surface area contributed by atoms with Crippen LogP contribution in [0, 0.1) is 0 Å². The van der Waals surface area contributed by atoms with Gasteiger partial charge in [0.1, 0.15) is 0 Å². The average molecular weight is 433 g/mol. The van der Waals surface area contributed by atoms with E-state index in [1.54, 1.807) is 24.3 Å². The fourth-order valence-corrected chi connectivity index (χ4v) is 3.95. The second-order valence-electron chi connectivity index (χ2n) is 5.96. The Balaban J connectivity index is 1.97. The maximum atomic E-state index is 12.8. The summed E-state index contributed by atoms with van der Waals surface area (Å²) in [6.07, 6.45) is 1.64. The van der Waals surface area contributed by atoms with Gasteiger partial charge < -0.3 is 14.9 Å². The molecule has 0 spiro atoms. The Bertz CT molecular complexity index is 1050. The lowest BCUT2D eigenvalue weighted by atomic mass is 10.2. The third kappa shape index (κ3) is 4.38. The summed E-state index contributed by atoms with van der Waals surface area (Å²) < 4.78 is 5.09. The number of phenols is 1. The van der Waals surface area contributed by atoms with Gasteiger partial charge in [0.15, 0.2) is 16.7 Å². The molecule has 2 aromatic carbocycles. The molecule has 9 heteroatoms. The molecule has 3 rings (SSSR count). The second kappa shape index (κ2) is 8.59. The number of ether oxygens (including phenoxy) is 1. The molecule has 0 unspecified atom stereocenters. The number of carboxylic acids is 1. The largest absolute Gasteiger partial charge is 0.503 e. The Hall–Kier alpha value is -2.97. The number of hydrogen-bond donors (Lipinski definition) is 2. The van der Waals surface area contributed by atoms with Crippen molar-refractivity contribution in [3.05, 3.63) is 57.5 Å². The van der Waals surface area contributed by atoms with Gasteiger partial charge >= 0.3 is 5.97 Å². The number of phenolic OH excluding ortho intramolecular Hbond substituents is 1. The van der Waals surface area contributed by atoms with Gasteiger partial charge in [-0.1, -0.05) is 17.7 Å². The van der Waals surface area contributed by atoms with E-state index < -0.39 is 5.97 Å². The van der Waals surface area contributed by atoms with Crippen LogP contribution in [0.25, 0.3) is 6.08 Å². The number of halogens is 1. The maximum absolute atomic E-state index is 12.8. The average Bonchev–Trinajstić information content (AvgIpc) is 2.98. The van der Waals surface area contributed by atoms with Crippen LogP contribution in [-0.4, -0.2) is 45.8 Å². The topological polar surface area (TPSA) is 99.4 Å². The molecule has 1 aliphatic heterocycles. The number of amidine groups is 1. The molecule has 1 amide bonds. The number of amides is 1. The molecular formula is C20H17ClN2O5S. The van der Waals surface area contributed by atoms with Crippen LogP contribution < -0.4 is 4.74 Å². The summed E-state index contributed by atoms with van der Waals surface area (Å²) in [6, 6.07) is 9.29. The first-order valence-corrected chi connectivity index (χ1v) is 9.73. The van der Waals surface area contributed by atoms with Crippen molar-refractivity contribution in [2.24, 2.45) is 4.99 Å². The van der Waals surface area contributed by atoms with Crippen molar-refractivity contribution in [2.75, 3.05) is 13.7 Å². The predicted molar refractivity (Wildman–Crippen MR) is 113 cm³/mol. The smallest absolute Gasteiger partial charge is 0.335 e. The molecule has 29 heavy (non-hydrogen) atoms. The lowest BCUT2D eigenvalue weighted by molar-refractivity contribution is -0.122. The molecular weight excluding hydrogens is 416 g/mol. The highest BCUT2D eigenvalue weighted by atomic mass is 35.5. The van der Waals surface area contributed by atoms with E-state index in [1.807, 2.05) is 6.92 Å². The number of carbonyl (C=O) groups is 2. The fraction of sp³-hybridized carbons (Fsp3) is 0.150. The predicted octanol–water partition coefficient (Wildman–Crippen LogP) is 4.38. The molecule has 0 aromatic heterocycles. The number of hydrogen-bond acceptors (Lipinski definition) is 6. The molecule has 1 fully saturated rings. The molecule has 1 aliphatic rings. The normalized spacial score (nSPS) is 16.7. The number of aliphatic imine (C=N–C) groups is 1. The first kappa shape index (κ1) is 20.8. The lowest BCUT2D eigenvalue weighted by Crippen LogP contribution is -2.28. The highest BCUT2D eigenvalue weighted by Gasteiger charge is 2.32. The Morgan fingerprint density at radius 2 is 2.10 bits per heavy atom. The highest BCUT2D eigenvalue weighted by molar-refractivity contribution is 8.18. The van der Waals surface area contributed by atoms with Gasteiger partial charge in [0.05, 0.1) is 28.3 Å². The van der Waals surface area contributed by atoms with Crippen molar-refractivity contribution in [1.29, 1.82) is 0 Å². The van der Waals surface area contributed by atoms with Crippen molar-refractivity contribution in [2.45, 2.75) is 6.92 Å². The number of thioether (sulfide) groups is 1. The van der Waals surface area contributed by atoms with Crippen molar-refractivity contribution >= 4 is 52.2 Å². The number of methoxy groups -OCH3 is 1. The molecule has 150 valence electrons. The summed E-state index contributed by atoms with van der Waals surface area (Å²) in [5, 5.41) is 19.6. The summed E-state index contributed by atoms with van der Waals surface area (Å²) in [5.74, 6) is -1.24. The summed E-state index contributed by atoms with van der Waals surface area (Å²) in [6.45, 7) is 2.23. The van der Waals surface area contributed by atoms with Gasteiger partial charge in [-0.05, 0) is 60.7 Å². The number of nitrogens with zero attached hydrogens (tertiary/aromatic N) is 2. The minimum Gasteiger partial charge on any atom is -0.503 e. The summed E-state index contributed by atoms with van der Waals surface area (Å²) in [7, 11) is 1.41. The molecule has 2 N–H and O–H groups in total. The zero-order chi connectivity index (χ0) is 21.1. The van der Waals surface area contributed by atoms with Gasteiger partial charge in [0.2, 0.25) is 0 Å². The SMILES string of the molecule is CCN1C(=O)C(=Cc2cc(Cl)c(O)c(OC)c2)SC1=Nc1cccc(C(=O)O)c1. The first-order valence-electron chi connectivity index (χ1n) is 8.54. The number of aromatic carboxylic acids is 1. The number of aromatic hydroxyl groups is 1. The zero-order valence-corrected chi connectivity index (χ0v) is 17.1. The highest BCUT2D eigenvalue weighted by Crippen LogP contribution is 2.38. The molecule has 2 aromatic rings.